The molecular weight excluding hydrogens is 348 g/mol. The maximum atomic E-state index is 9.56. The van der Waals surface area contributed by atoms with Crippen LogP contribution in [0.25, 0.3) is 0 Å². The molecule has 0 bridgehead atoms. The molecule has 0 spiro atoms. The molecule has 0 aliphatic heterocycles. The van der Waals surface area contributed by atoms with Gasteiger partial charge in [-0.3, -0.25) is 0 Å². The average Bonchev–Trinajstić information content (AvgIpc) is 2.96. The first-order valence-electron chi connectivity index (χ1n) is 9.41. The van der Waals surface area contributed by atoms with Gasteiger partial charge in [-0.05, 0) is 48.3 Å². The van der Waals surface area contributed by atoms with Crippen LogP contribution in [0, 0.1) is 0 Å². The molecule has 3 rings (SSSR count). The second-order valence-electron chi connectivity index (χ2n) is 6.75. The van der Waals surface area contributed by atoms with Crippen molar-refractivity contribution < 1.29 is 14.6 Å². The van der Waals surface area contributed by atoms with Crippen LogP contribution >= 0.6 is 0 Å². The molecule has 0 fully saturated rings. The number of ether oxygens (including phenoxy) is 2. The van der Waals surface area contributed by atoms with Crippen LogP contribution in [0.5, 0.6) is 5.75 Å². The minimum atomic E-state index is 0.0216. The average molecular weight is 374 g/mol. The van der Waals surface area contributed by atoms with E-state index in [2.05, 4.69) is 36.9 Å². The first kappa shape index (κ1) is 19.6. The number of allylic oxidation sites excluding steroid dienone is 6. The molecule has 0 heterocycles. The lowest BCUT2D eigenvalue weighted by molar-refractivity contribution is 0.210. The number of phenolic OH excluding ortho intramolecular Hbond substituents is 1. The predicted octanol–water partition coefficient (Wildman–Crippen LogP) is 6.01. The number of aromatic hydroxyl groups is 1. The van der Waals surface area contributed by atoms with Gasteiger partial charge in [-0.1, -0.05) is 66.8 Å². The van der Waals surface area contributed by atoms with Crippen molar-refractivity contribution in [2.24, 2.45) is 0 Å². The van der Waals surface area contributed by atoms with E-state index in [4.69, 9.17) is 9.47 Å². The van der Waals surface area contributed by atoms with E-state index in [0.29, 0.717) is 12.4 Å². The van der Waals surface area contributed by atoms with Crippen molar-refractivity contribution in [3.05, 3.63) is 114 Å². The lowest BCUT2D eigenvalue weighted by atomic mass is 9.90. The summed E-state index contributed by atoms with van der Waals surface area (Å²) in [5, 5.41) is 9.56. The van der Waals surface area contributed by atoms with Crippen molar-refractivity contribution in [3.8, 4) is 5.75 Å². The number of hydrogen-bond acceptors (Lipinski definition) is 3. The Balaban J connectivity index is 1.65. The Morgan fingerprint density at radius 2 is 1.79 bits per heavy atom. The molecule has 0 aromatic heterocycles. The van der Waals surface area contributed by atoms with E-state index < -0.39 is 0 Å². The van der Waals surface area contributed by atoms with Gasteiger partial charge < -0.3 is 14.6 Å². The van der Waals surface area contributed by atoms with E-state index in [9.17, 15) is 5.11 Å². The summed E-state index contributed by atoms with van der Waals surface area (Å²) >= 11 is 0. The number of hydrogen-bond donors (Lipinski definition) is 1. The Morgan fingerprint density at radius 3 is 2.50 bits per heavy atom. The minimum absolute atomic E-state index is 0.0216. The smallest absolute Gasteiger partial charge is 0.116 e. The van der Waals surface area contributed by atoms with E-state index in [1.54, 1.807) is 19.2 Å². The van der Waals surface area contributed by atoms with Gasteiger partial charge in [0.15, 0.2) is 0 Å². The quantitative estimate of drug-likeness (QED) is 0.575. The van der Waals surface area contributed by atoms with Crippen LogP contribution < -0.4 is 0 Å². The molecule has 1 aliphatic carbocycles. The molecule has 1 unspecified atom stereocenters. The van der Waals surface area contributed by atoms with Crippen molar-refractivity contribution in [1.29, 1.82) is 0 Å². The maximum Gasteiger partial charge on any atom is 0.116 e. The normalized spacial score (nSPS) is 14.5. The second-order valence-corrected chi connectivity index (χ2v) is 6.75. The van der Waals surface area contributed by atoms with Crippen molar-refractivity contribution >= 4 is 0 Å². The van der Waals surface area contributed by atoms with Crippen LogP contribution in [0.15, 0.2) is 103 Å². The van der Waals surface area contributed by atoms with Gasteiger partial charge in [-0.2, -0.15) is 0 Å². The number of rotatable bonds is 8. The van der Waals surface area contributed by atoms with E-state index in [0.717, 1.165) is 29.7 Å². The van der Waals surface area contributed by atoms with Gasteiger partial charge in [0, 0.05) is 5.92 Å². The highest BCUT2D eigenvalue weighted by Crippen LogP contribution is 2.32. The molecular formula is C25H26O3. The van der Waals surface area contributed by atoms with Crippen LogP contribution in [-0.4, -0.2) is 12.2 Å². The molecule has 3 heteroatoms. The molecule has 1 N–H and O–H groups in total. The Bertz CT molecular complexity index is 874. The molecule has 2 aromatic rings. The molecule has 3 nitrogen and oxygen atoms in total. The van der Waals surface area contributed by atoms with Gasteiger partial charge in [-0.25, -0.2) is 0 Å². The van der Waals surface area contributed by atoms with Crippen LogP contribution in [0.2, 0.25) is 0 Å². The first-order valence-corrected chi connectivity index (χ1v) is 9.41. The summed E-state index contributed by atoms with van der Waals surface area (Å²) in [4.78, 5) is 0. The van der Waals surface area contributed by atoms with Crippen molar-refractivity contribution in [3.63, 3.8) is 0 Å². The van der Waals surface area contributed by atoms with E-state index >= 15 is 0 Å². The third-order valence-electron chi connectivity index (χ3n) is 4.80. The highest BCUT2D eigenvalue weighted by atomic mass is 16.5. The van der Waals surface area contributed by atoms with E-state index in [-0.39, 0.29) is 11.7 Å². The zero-order valence-corrected chi connectivity index (χ0v) is 16.2. The second kappa shape index (κ2) is 9.65. The van der Waals surface area contributed by atoms with Crippen molar-refractivity contribution in [2.75, 3.05) is 7.11 Å². The summed E-state index contributed by atoms with van der Waals surface area (Å²) in [7, 11) is 1.64. The zero-order valence-electron chi connectivity index (χ0n) is 16.2. The third kappa shape index (κ3) is 5.40. The van der Waals surface area contributed by atoms with Gasteiger partial charge in [0.25, 0.3) is 0 Å². The lowest BCUT2D eigenvalue weighted by Gasteiger charge is -2.19. The highest BCUT2D eigenvalue weighted by molar-refractivity contribution is 5.36. The fourth-order valence-electron chi connectivity index (χ4n) is 3.15. The van der Waals surface area contributed by atoms with E-state index in [1.165, 1.54) is 5.57 Å². The molecule has 1 aliphatic rings. The molecule has 0 radical (unpaired) electrons. The third-order valence-corrected chi connectivity index (χ3v) is 4.80. The van der Waals surface area contributed by atoms with Crippen LogP contribution in [0.3, 0.4) is 0 Å². The van der Waals surface area contributed by atoms with Crippen LogP contribution in [0.4, 0.5) is 0 Å². The molecule has 0 amide bonds. The standard InChI is InChI=1S/C25H26O3/c1-19(27-2)25(22-12-14-23(26)15-13-22)17-20-9-6-10-24(16-11-20)28-18-21-7-4-3-5-8-21/h3-5,7-16,25-26H,1,6,17-18H2,2H3. The van der Waals surface area contributed by atoms with Gasteiger partial charge in [0.2, 0.25) is 0 Å². The Labute approximate surface area is 166 Å². The summed E-state index contributed by atoms with van der Waals surface area (Å²) in [6.45, 7) is 4.62. The van der Waals surface area contributed by atoms with Gasteiger partial charge in [0.1, 0.15) is 18.1 Å². The van der Waals surface area contributed by atoms with Gasteiger partial charge in [0.05, 0.1) is 12.9 Å². The summed E-state index contributed by atoms with van der Waals surface area (Å²) < 4.78 is 11.4. The Kier molecular flexibility index (Phi) is 6.74. The molecule has 2 aromatic carbocycles. The fourth-order valence-corrected chi connectivity index (χ4v) is 3.15. The number of benzene rings is 2. The molecule has 28 heavy (non-hydrogen) atoms. The SMILES string of the molecule is C=C(OC)C(CC1=CCC=C(OCc2ccccc2)C=C1)c1ccc(O)cc1. The lowest BCUT2D eigenvalue weighted by Crippen LogP contribution is -2.04. The molecule has 0 saturated heterocycles. The monoisotopic (exact) mass is 374 g/mol. The Morgan fingerprint density at radius 1 is 1.04 bits per heavy atom. The fraction of sp³-hybridized carbons (Fsp3) is 0.200. The Hall–Kier alpha value is -3.20. The number of methoxy groups -OCH3 is 1. The maximum absolute atomic E-state index is 9.56. The van der Waals surface area contributed by atoms with Gasteiger partial charge >= 0.3 is 0 Å². The summed E-state index contributed by atoms with van der Waals surface area (Å²) in [5.41, 5.74) is 3.42. The van der Waals surface area contributed by atoms with Crippen LogP contribution in [-0.2, 0) is 16.1 Å². The predicted molar refractivity (Wildman–Crippen MR) is 113 cm³/mol. The van der Waals surface area contributed by atoms with Crippen molar-refractivity contribution in [1.82, 2.24) is 0 Å². The topological polar surface area (TPSA) is 38.7 Å². The minimum Gasteiger partial charge on any atom is -0.508 e. The largest absolute Gasteiger partial charge is 0.508 e. The molecule has 144 valence electrons. The van der Waals surface area contributed by atoms with Crippen molar-refractivity contribution in [2.45, 2.75) is 25.4 Å². The van der Waals surface area contributed by atoms with E-state index in [1.807, 2.05) is 36.4 Å². The van der Waals surface area contributed by atoms with Gasteiger partial charge in [-0.15, -0.1) is 0 Å². The first-order chi connectivity index (χ1) is 13.7. The number of phenols is 1. The van der Waals surface area contributed by atoms with Crippen LogP contribution in [0.1, 0.15) is 29.9 Å². The summed E-state index contributed by atoms with van der Waals surface area (Å²) in [6.07, 6.45) is 9.99. The summed E-state index contributed by atoms with van der Waals surface area (Å²) in [6, 6.07) is 17.4. The molecule has 1 atom stereocenters. The highest BCUT2D eigenvalue weighted by Gasteiger charge is 2.18. The molecule has 0 saturated carbocycles. The zero-order chi connectivity index (χ0) is 19.8. The summed E-state index contributed by atoms with van der Waals surface area (Å²) in [5.74, 6) is 1.86.